The lowest BCUT2D eigenvalue weighted by molar-refractivity contribution is 0.0538. The van der Waals surface area contributed by atoms with E-state index in [1.807, 2.05) is 46.2 Å². The molecule has 2 heterocycles. The Balaban J connectivity index is 1.62. The van der Waals surface area contributed by atoms with Crippen LogP contribution in [-0.2, 0) is 6.42 Å². The Morgan fingerprint density at radius 3 is 2.12 bits per heavy atom. The zero-order valence-corrected chi connectivity index (χ0v) is 14.9. The first-order chi connectivity index (χ1) is 11.6. The van der Waals surface area contributed by atoms with Crippen LogP contribution in [0.15, 0.2) is 36.4 Å². The van der Waals surface area contributed by atoms with Gasteiger partial charge in [-0.05, 0) is 37.1 Å². The van der Waals surface area contributed by atoms with Crippen molar-refractivity contribution in [1.82, 2.24) is 9.80 Å². The zero-order valence-electron chi connectivity index (χ0n) is 14.1. The third-order valence-electron chi connectivity index (χ3n) is 4.43. The summed E-state index contributed by atoms with van der Waals surface area (Å²) in [4.78, 5) is 30.9. The number of hydrogen-bond acceptors (Lipinski definition) is 3. The molecule has 0 radical (unpaired) electrons. The Kier molecular flexibility index (Phi) is 5.00. The smallest absolute Gasteiger partial charge is 0.264 e. The van der Waals surface area contributed by atoms with Gasteiger partial charge in [-0.2, -0.15) is 0 Å². The summed E-state index contributed by atoms with van der Waals surface area (Å²) in [7, 11) is 0. The van der Waals surface area contributed by atoms with Crippen molar-refractivity contribution in [2.75, 3.05) is 26.2 Å². The van der Waals surface area contributed by atoms with E-state index in [2.05, 4.69) is 13.8 Å². The molecule has 126 valence electrons. The van der Waals surface area contributed by atoms with Gasteiger partial charge < -0.3 is 9.80 Å². The molecule has 0 N–H and O–H groups in total. The monoisotopic (exact) mass is 342 g/mol. The first-order valence-electron chi connectivity index (χ1n) is 8.33. The van der Waals surface area contributed by atoms with E-state index < -0.39 is 0 Å². The van der Waals surface area contributed by atoms with Crippen molar-refractivity contribution in [1.29, 1.82) is 0 Å². The van der Waals surface area contributed by atoms with Crippen LogP contribution >= 0.6 is 11.3 Å². The van der Waals surface area contributed by atoms with Crippen LogP contribution in [0.2, 0.25) is 0 Å². The fourth-order valence-electron chi connectivity index (χ4n) is 3.01. The van der Waals surface area contributed by atoms with Crippen molar-refractivity contribution in [3.05, 3.63) is 57.3 Å². The predicted octanol–water partition coefficient (Wildman–Crippen LogP) is 3.22. The number of rotatable bonds is 3. The second kappa shape index (κ2) is 7.18. The molecule has 1 fully saturated rings. The average Bonchev–Trinajstić information content (AvgIpc) is 3.02. The molecule has 3 rings (SSSR count). The number of nitrogens with zero attached hydrogens (tertiary/aromatic N) is 2. The number of benzene rings is 1. The maximum absolute atomic E-state index is 12.7. The minimum atomic E-state index is 0.0444. The molecule has 1 aliphatic heterocycles. The number of carbonyl (C=O) groups is 2. The van der Waals surface area contributed by atoms with Gasteiger partial charge >= 0.3 is 0 Å². The number of thiophene rings is 1. The molecule has 0 saturated carbocycles. The Hall–Kier alpha value is -2.14. The summed E-state index contributed by atoms with van der Waals surface area (Å²) < 4.78 is 0. The van der Waals surface area contributed by atoms with Gasteiger partial charge in [-0.1, -0.05) is 25.1 Å². The summed E-state index contributed by atoms with van der Waals surface area (Å²) in [5.41, 5.74) is 1.91. The predicted molar refractivity (Wildman–Crippen MR) is 96.7 cm³/mol. The molecule has 4 nitrogen and oxygen atoms in total. The second-order valence-electron chi connectivity index (χ2n) is 6.02. The van der Waals surface area contributed by atoms with Crippen molar-refractivity contribution >= 4 is 23.2 Å². The van der Waals surface area contributed by atoms with E-state index in [0.717, 1.165) is 11.3 Å². The van der Waals surface area contributed by atoms with E-state index in [9.17, 15) is 9.59 Å². The van der Waals surface area contributed by atoms with E-state index in [0.29, 0.717) is 31.7 Å². The van der Waals surface area contributed by atoms with Crippen LogP contribution in [0.3, 0.4) is 0 Å². The maximum atomic E-state index is 12.7. The molecule has 0 aliphatic carbocycles. The van der Waals surface area contributed by atoms with Crippen LogP contribution in [0.5, 0.6) is 0 Å². The number of carbonyl (C=O) groups excluding carboxylic acids is 2. The van der Waals surface area contributed by atoms with Crippen molar-refractivity contribution in [2.24, 2.45) is 0 Å². The molecular formula is C19H22N2O2S. The fraction of sp³-hybridized carbons (Fsp3) is 0.368. The first-order valence-corrected chi connectivity index (χ1v) is 9.14. The van der Waals surface area contributed by atoms with E-state index in [4.69, 9.17) is 0 Å². The van der Waals surface area contributed by atoms with Crippen LogP contribution in [0.25, 0.3) is 0 Å². The number of hydrogen-bond donors (Lipinski definition) is 0. The molecule has 1 aliphatic rings. The topological polar surface area (TPSA) is 40.6 Å². The minimum Gasteiger partial charge on any atom is -0.335 e. The van der Waals surface area contributed by atoms with Gasteiger partial charge in [0.2, 0.25) is 0 Å². The highest BCUT2D eigenvalue weighted by Crippen LogP contribution is 2.24. The summed E-state index contributed by atoms with van der Waals surface area (Å²) in [5.74, 6) is 0.137. The van der Waals surface area contributed by atoms with Crippen LogP contribution in [0.4, 0.5) is 0 Å². The molecule has 5 heteroatoms. The number of amides is 2. The van der Waals surface area contributed by atoms with Crippen molar-refractivity contribution < 1.29 is 9.59 Å². The van der Waals surface area contributed by atoms with Crippen LogP contribution < -0.4 is 0 Å². The highest BCUT2D eigenvalue weighted by atomic mass is 32.1. The Labute approximate surface area is 146 Å². The lowest BCUT2D eigenvalue weighted by atomic mass is 10.2. The molecule has 0 atom stereocenters. The van der Waals surface area contributed by atoms with Gasteiger partial charge in [-0.25, -0.2) is 0 Å². The Morgan fingerprint density at radius 1 is 1.00 bits per heavy atom. The fourth-order valence-corrected chi connectivity index (χ4v) is 4.09. The van der Waals surface area contributed by atoms with Crippen LogP contribution in [0, 0.1) is 6.92 Å². The van der Waals surface area contributed by atoms with E-state index in [1.54, 1.807) is 11.3 Å². The van der Waals surface area contributed by atoms with Crippen LogP contribution in [0.1, 0.15) is 37.4 Å². The van der Waals surface area contributed by atoms with E-state index >= 15 is 0 Å². The normalized spacial score (nSPS) is 14.8. The van der Waals surface area contributed by atoms with Gasteiger partial charge in [-0.3, -0.25) is 9.59 Å². The Bertz CT molecular complexity index is 731. The van der Waals surface area contributed by atoms with Crippen molar-refractivity contribution in [3.63, 3.8) is 0 Å². The van der Waals surface area contributed by atoms with Crippen LogP contribution in [-0.4, -0.2) is 47.8 Å². The summed E-state index contributed by atoms with van der Waals surface area (Å²) in [6.07, 6.45) is 0.961. The van der Waals surface area contributed by atoms with Crippen molar-refractivity contribution in [2.45, 2.75) is 20.3 Å². The summed E-state index contributed by atoms with van der Waals surface area (Å²) in [5, 5.41) is 0. The molecule has 1 saturated heterocycles. The summed E-state index contributed by atoms with van der Waals surface area (Å²) in [6.45, 7) is 6.53. The summed E-state index contributed by atoms with van der Waals surface area (Å²) >= 11 is 1.59. The molecule has 24 heavy (non-hydrogen) atoms. The molecule has 0 unspecified atom stereocenters. The molecule has 2 aromatic rings. The maximum Gasteiger partial charge on any atom is 0.264 e. The van der Waals surface area contributed by atoms with Gasteiger partial charge in [0, 0.05) is 36.6 Å². The van der Waals surface area contributed by atoms with E-state index in [1.165, 1.54) is 10.4 Å². The molecule has 1 aromatic heterocycles. The second-order valence-corrected chi connectivity index (χ2v) is 7.16. The highest BCUT2D eigenvalue weighted by molar-refractivity contribution is 7.14. The molecule has 1 aromatic carbocycles. The zero-order chi connectivity index (χ0) is 17.1. The summed E-state index contributed by atoms with van der Waals surface area (Å²) in [6, 6.07) is 11.3. The highest BCUT2D eigenvalue weighted by Gasteiger charge is 2.26. The third-order valence-corrected chi connectivity index (χ3v) is 5.80. The van der Waals surface area contributed by atoms with E-state index in [-0.39, 0.29) is 11.8 Å². The molecule has 0 bridgehead atoms. The average molecular weight is 342 g/mol. The SMILES string of the molecule is CCc1sc(C(=O)N2CCN(C(=O)c3ccccc3)CC2)cc1C. The lowest BCUT2D eigenvalue weighted by Gasteiger charge is -2.34. The first kappa shape index (κ1) is 16.7. The Morgan fingerprint density at radius 2 is 1.58 bits per heavy atom. The van der Waals surface area contributed by atoms with Gasteiger partial charge in [0.1, 0.15) is 0 Å². The number of aryl methyl sites for hydroxylation is 2. The van der Waals surface area contributed by atoms with Gasteiger partial charge in [0.15, 0.2) is 0 Å². The van der Waals surface area contributed by atoms with Gasteiger partial charge in [-0.15, -0.1) is 11.3 Å². The standard InChI is InChI=1S/C19H22N2O2S/c1-3-16-14(2)13-17(24-16)19(23)21-11-9-20(10-12-21)18(22)15-7-5-4-6-8-15/h4-8,13H,3,9-12H2,1-2H3. The van der Waals surface area contributed by atoms with Gasteiger partial charge in [0.05, 0.1) is 4.88 Å². The molecule has 2 amide bonds. The van der Waals surface area contributed by atoms with Gasteiger partial charge in [0.25, 0.3) is 11.8 Å². The molecule has 0 spiro atoms. The lowest BCUT2D eigenvalue weighted by Crippen LogP contribution is -2.50. The van der Waals surface area contributed by atoms with Crippen molar-refractivity contribution in [3.8, 4) is 0 Å². The quantitative estimate of drug-likeness (QED) is 0.859. The molecular weight excluding hydrogens is 320 g/mol. The largest absolute Gasteiger partial charge is 0.335 e. The third kappa shape index (κ3) is 3.36. The minimum absolute atomic E-state index is 0.0444. The number of piperazine rings is 1.